The molecule has 1 aromatic carbocycles. The average Bonchev–Trinajstić information content (AvgIpc) is 2.29. The van der Waals surface area contributed by atoms with Gasteiger partial charge in [0.1, 0.15) is 5.82 Å². The maximum Gasteiger partial charge on any atom is 0.181 e. The van der Waals surface area contributed by atoms with Crippen LogP contribution in [0.5, 0.6) is 0 Å². The maximum absolute atomic E-state index is 13.3. The number of rotatable bonds is 1. The first-order valence-corrected chi connectivity index (χ1v) is 5.33. The topological polar surface area (TPSA) is 25.8 Å². The van der Waals surface area contributed by atoms with Crippen molar-refractivity contribution in [3.63, 3.8) is 0 Å². The standard InChI is InChI=1S/C12H9ClF2N2/c1-6-5-8(3-4-9(6)14)12-16-7(2)10(15)11(13)17-12/h3-5H,1-2H3. The zero-order valence-corrected chi connectivity index (χ0v) is 10.0. The lowest BCUT2D eigenvalue weighted by Gasteiger charge is -2.05. The summed E-state index contributed by atoms with van der Waals surface area (Å²) in [5.41, 5.74) is 1.25. The van der Waals surface area contributed by atoms with E-state index in [9.17, 15) is 8.78 Å². The molecule has 88 valence electrons. The number of benzene rings is 1. The third kappa shape index (κ3) is 2.26. The molecule has 1 heterocycles. The molecule has 0 amide bonds. The molecule has 0 fully saturated rings. The molecular weight excluding hydrogens is 246 g/mol. The van der Waals surface area contributed by atoms with Crippen LogP contribution in [0.1, 0.15) is 11.3 Å². The molecule has 0 aliphatic heterocycles. The lowest BCUT2D eigenvalue weighted by molar-refractivity contribution is 0.602. The summed E-state index contributed by atoms with van der Waals surface area (Å²) in [5, 5.41) is -0.227. The number of hydrogen-bond donors (Lipinski definition) is 0. The Kier molecular flexibility index (Phi) is 3.07. The molecule has 0 unspecified atom stereocenters. The van der Waals surface area contributed by atoms with Crippen LogP contribution < -0.4 is 0 Å². The van der Waals surface area contributed by atoms with Crippen molar-refractivity contribution < 1.29 is 8.78 Å². The van der Waals surface area contributed by atoms with E-state index in [4.69, 9.17) is 11.6 Å². The Labute approximate surface area is 102 Å². The number of aromatic nitrogens is 2. The number of hydrogen-bond acceptors (Lipinski definition) is 2. The van der Waals surface area contributed by atoms with Gasteiger partial charge in [0, 0.05) is 5.56 Å². The van der Waals surface area contributed by atoms with Crippen LogP contribution in [-0.4, -0.2) is 9.97 Å². The van der Waals surface area contributed by atoms with Crippen molar-refractivity contribution in [2.75, 3.05) is 0 Å². The second kappa shape index (κ2) is 4.37. The van der Waals surface area contributed by atoms with E-state index in [-0.39, 0.29) is 22.5 Å². The molecule has 0 aliphatic carbocycles. The summed E-state index contributed by atoms with van der Waals surface area (Å²) in [5.74, 6) is -0.648. The smallest absolute Gasteiger partial charge is 0.181 e. The minimum atomic E-state index is -0.630. The fourth-order valence-corrected chi connectivity index (χ4v) is 1.65. The summed E-state index contributed by atoms with van der Waals surface area (Å²) in [4.78, 5) is 7.81. The largest absolute Gasteiger partial charge is 0.230 e. The van der Waals surface area contributed by atoms with Gasteiger partial charge in [-0.3, -0.25) is 0 Å². The molecule has 0 saturated carbocycles. The van der Waals surface area contributed by atoms with Crippen molar-refractivity contribution in [1.82, 2.24) is 9.97 Å². The molecule has 2 nitrogen and oxygen atoms in total. The average molecular weight is 255 g/mol. The summed E-state index contributed by atoms with van der Waals surface area (Å²) < 4.78 is 26.4. The van der Waals surface area contributed by atoms with Crippen LogP contribution in [0.15, 0.2) is 18.2 Å². The quantitative estimate of drug-likeness (QED) is 0.726. The minimum absolute atomic E-state index is 0.168. The van der Waals surface area contributed by atoms with Gasteiger partial charge in [0.25, 0.3) is 0 Å². The maximum atomic E-state index is 13.3. The molecule has 2 rings (SSSR count). The lowest BCUT2D eigenvalue weighted by Crippen LogP contribution is -1.98. The SMILES string of the molecule is Cc1cc(-c2nc(C)c(F)c(Cl)n2)ccc1F. The van der Waals surface area contributed by atoms with E-state index in [1.54, 1.807) is 13.0 Å². The van der Waals surface area contributed by atoms with E-state index in [0.29, 0.717) is 11.1 Å². The van der Waals surface area contributed by atoms with E-state index in [1.165, 1.54) is 19.1 Å². The molecule has 1 aromatic heterocycles. The Morgan fingerprint density at radius 1 is 1.12 bits per heavy atom. The van der Waals surface area contributed by atoms with Crippen molar-refractivity contribution in [1.29, 1.82) is 0 Å². The van der Waals surface area contributed by atoms with E-state index in [0.717, 1.165) is 0 Å². The van der Waals surface area contributed by atoms with E-state index >= 15 is 0 Å². The third-order valence-electron chi connectivity index (χ3n) is 2.39. The van der Waals surface area contributed by atoms with Gasteiger partial charge in [0.2, 0.25) is 0 Å². The number of halogens is 3. The molecule has 0 atom stereocenters. The highest BCUT2D eigenvalue weighted by molar-refractivity contribution is 6.29. The van der Waals surface area contributed by atoms with Gasteiger partial charge in [0.05, 0.1) is 5.69 Å². The molecule has 17 heavy (non-hydrogen) atoms. The monoisotopic (exact) mass is 254 g/mol. The molecule has 0 saturated heterocycles. The van der Waals surface area contributed by atoms with Gasteiger partial charge in [-0.25, -0.2) is 18.7 Å². The molecule has 0 radical (unpaired) electrons. The normalized spacial score (nSPS) is 10.6. The molecule has 0 aliphatic rings. The Balaban J connectivity index is 2.57. The first kappa shape index (κ1) is 11.9. The van der Waals surface area contributed by atoms with Crippen LogP contribution in [0, 0.1) is 25.5 Å². The van der Waals surface area contributed by atoms with E-state index < -0.39 is 5.82 Å². The van der Waals surface area contributed by atoms with Gasteiger partial charge in [0.15, 0.2) is 16.8 Å². The second-order valence-electron chi connectivity index (χ2n) is 3.70. The predicted octanol–water partition coefficient (Wildman–Crippen LogP) is 3.69. The van der Waals surface area contributed by atoms with Gasteiger partial charge < -0.3 is 0 Å². The summed E-state index contributed by atoms with van der Waals surface area (Å²) in [6.45, 7) is 3.14. The van der Waals surface area contributed by atoms with Crippen LogP contribution >= 0.6 is 11.6 Å². The molecule has 0 N–H and O–H groups in total. The van der Waals surface area contributed by atoms with Crippen molar-refractivity contribution in [2.45, 2.75) is 13.8 Å². The third-order valence-corrected chi connectivity index (χ3v) is 2.64. The van der Waals surface area contributed by atoms with Crippen molar-refractivity contribution >= 4 is 11.6 Å². The van der Waals surface area contributed by atoms with Crippen molar-refractivity contribution in [3.8, 4) is 11.4 Å². The Morgan fingerprint density at radius 3 is 2.41 bits per heavy atom. The van der Waals surface area contributed by atoms with Crippen molar-refractivity contribution in [2.24, 2.45) is 0 Å². The molecule has 2 aromatic rings. The van der Waals surface area contributed by atoms with Crippen LogP contribution in [-0.2, 0) is 0 Å². The summed E-state index contributed by atoms with van der Waals surface area (Å²) in [6.07, 6.45) is 0. The van der Waals surface area contributed by atoms with Crippen LogP contribution in [0.4, 0.5) is 8.78 Å². The van der Waals surface area contributed by atoms with Gasteiger partial charge in [-0.05, 0) is 37.6 Å². The highest BCUT2D eigenvalue weighted by atomic mass is 35.5. The predicted molar refractivity (Wildman–Crippen MR) is 61.9 cm³/mol. The summed E-state index contributed by atoms with van der Waals surface area (Å²) in [6, 6.07) is 4.45. The fourth-order valence-electron chi connectivity index (χ4n) is 1.44. The van der Waals surface area contributed by atoms with E-state index in [1.807, 2.05) is 0 Å². The highest BCUT2D eigenvalue weighted by Gasteiger charge is 2.11. The van der Waals surface area contributed by atoms with Crippen LogP contribution in [0.25, 0.3) is 11.4 Å². The van der Waals surface area contributed by atoms with Crippen LogP contribution in [0.3, 0.4) is 0 Å². The lowest BCUT2D eigenvalue weighted by atomic mass is 10.1. The highest BCUT2D eigenvalue weighted by Crippen LogP contribution is 2.22. The fraction of sp³-hybridized carbons (Fsp3) is 0.167. The Bertz CT molecular complexity index is 562. The zero-order valence-electron chi connectivity index (χ0n) is 9.26. The number of nitrogens with zero attached hydrogens (tertiary/aromatic N) is 2. The van der Waals surface area contributed by atoms with Gasteiger partial charge >= 0.3 is 0 Å². The van der Waals surface area contributed by atoms with Gasteiger partial charge in [-0.15, -0.1) is 0 Å². The molecule has 5 heteroatoms. The first-order chi connectivity index (χ1) is 7.99. The first-order valence-electron chi connectivity index (χ1n) is 4.95. The molecule has 0 spiro atoms. The zero-order chi connectivity index (χ0) is 12.6. The van der Waals surface area contributed by atoms with E-state index in [2.05, 4.69) is 9.97 Å². The Morgan fingerprint density at radius 2 is 1.82 bits per heavy atom. The Hall–Kier alpha value is -1.55. The number of aryl methyl sites for hydroxylation is 2. The summed E-state index contributed by atoms with van der Waals surface area (Å²) in [7, 11) is 0. The van der Waals surface area contributed by atoms with Gasteiger partial charge in [-0.2, -0.15) is 0 Å². The van der Waals surface area contributed by atoms with Crippen molar-refractivity contribution in [3.05, 3.63) is 46.2 Å². The second-order valence-corrected chi connectivity index (χ2v) is 4.06. The molecule has 0 bridgehead atoms. The minimum Gasteiger partial charge on any atom is -0.230 e. The van der Waals surface area contributed by atoms with Gasteiger partial charge in [-0.1, -0.05) is 11.6 Å². The van der Waals surface area contributed by atoms with Crippen LogP contribution in [0.2, 0.25) is 5.15 Å². The summed E-state index contributed by atoms with van der Waals surface area (Å²) >= 11 is 5.64. The molecular formula is C12H9ClF2N2.